The van der Waals surface area contributed by atoms with E-state index in [2.05, 4.69) is 15.4 Å². The number of rotatable bonds is 4. The van der Waals surface area contributed by atoms with E-state index >= 15 is 0 Å². The van der Waals surface area contributed by atoms with Gasteiger partial charge in [-0.25, -0.2) is 4.79 Å². The number of ether oxygens (including phenoxy) is 2. The Morgan fingerprint density at radius 3 is 2.47 bits per heavy atom. The van der Waals surface area contributed by atoms with E-state index < -0.39 is 11.7 Å². The third-order valence-electron chi connectivity index (χ3n) is 2.87. The lowest BCUT2D eigenvalue weighted by molar-refractivity contribution is -0.141. The van der Waals surface area contributed by atoms with E-state index in [0.717, 1.165) is 12.8 Å². The van der Waals surface area contributed by atoms with Gasteiger partial charge in [0.2, 0.25) is 0 Å². The molecule has 1 aliphatic rings. The lowest BCUT2D eigenvalue weighted by atomic mass is 10.1. The van der Waals surface area contributed by atoms with Crippen molar-refractivity contribution in [2.75, 3.05) is 13.7 Å². The van der Waals surface area contributed by atoms with Gasteiger partial charge in [-0.15, -0.1) is 0 Å². The van der Waals surface area contributed by atoms with E-state index in [-0.39, 0.29) is 18.1 Å². The topological polar surface area (TPSA) is 76.7 Å². The van der Waals surface area contributed by atoms with Gasteiger partial charge >= 0.3 is 12.1 Å². The van der Waals surface area contributed by atoms with Crippen LogP contribution < -0.4 is 10.6 Å². The van der Waals surface area contributed by atoms with Crippen LogP contribution in [0.5, 0.6) is 0 Å². The Labute approximate surface area is 114 Å². The van der Waals surface area contributed by atoms with E-state index in [1.54, 1.807) is 0 Å². The van der Waals surface area contributed by atoms with E-state index in [0.29, 0.717) is 13.0 Å². The predicted octanol–water partition coefficient (Wildman–Crippen LogP) is 1.19. The molecule has 110 valence electrons. The van der Waals surface area contributed by atoms with Crippen molar-refractivity contribution >= 4 is 12.1 Å². The van der Waals surface area contributed by atoms with Gasteiger partial charge < -0.3 is 20.1 Å². The fraction of sp³-hybridized carbons (Fsp3) is 0.846. The number of alkyl carbamates (subject to hydrolysis) is 1. The first-order chi connectivity index (χ1) is 8.80. The maximum Gasteiger partial charge on any atom is 0.407 e. The van der Waals surface area contributed by atoms with Crippen molar-refractivity contribution in [1.29, 1.82) is 0 Å². The first-order valence-electron chi connectivity index (χ1n) is 6.60. The number of amides is 1. The van der Waals surface area contributed by atoms with Crippen LogP contribution >= 0.6 is 0 Å². The molecule has 1 aliphatic heterocycles. The Kier molecular flexibility index (Phi) is 5.60. The van der Waals surface area contributed by atoms with E-state index in [1.807, 2.05) is 20.8 Å². The molecule has 1 heterocycles. The second kappa shape index (κ2) is 6.75. The quantitative estimate of drug-likeness (QED) is 0.752. The van der Waals surface area contributed by atoms with Crippen molar-refractivity contribution in [1.82, 2.24) is 10.6 Å². The number of carbonyl (C=O) groups excluding carboxylic acids is 2. The minimum atomic E-state index is -0.486. The van der Waals surface area contributed by atoms with E-state index in [4.69, 9.17) is 4.74 Å². The van der Waals surface area contributed by atoms with Crippen molar-refractivity contribution in [3.63, 3.8) is 0 Å². The van der Waals surface area contributed by atoms with Crippen LogP contribution in [0.3, 0.4) is 0 Å². The number of esters is 1. The van der Waals surface area contributed by atoms with Gasteiger partial charge in [-0.05, 0) is 33.6 Å². The molecule has 1 fully saturated rings. The Hall–Kier alpha value is -1.30. The summed E-state index contributed by atoms with van der Waals surface area (Å²) >= 11 is 0. The third kappa shape index (κ3) is 6.42. The smallest absolute Gasteiger partial charge is 0.407 e. The van der Waals surface area contributed by atoms with Crippen LogP contribution in [0.1, 0.15) is 40.0 Å². The summed E-state index contributed by atoms with van der Waals surface area (Å²) in [5, 5.41) is 6.03. The monoisotopic (exact) mass is 272 g/mol. The Balaban J connectivity index is 2.22. The van der Waals surface area contributed by atoms with Gasteiger partial charge in [0.1, 0.15) is 5.60 Å². The molecule has 1 saturated heterocycles. The molecular weight excluding hydrogens is 248 g/mol. The molecule has 19 heavy (non-hydrogen) atoms. The van der Waals surface area contributed by atoms with Crippen LogP contribution in [-0.4, -0.2) is 43.4 Å². The lowest BCUT2D eigenvalue weighted by Crippen LogP contribution is -2.42. The predicted molar refractivity (Wildman–Crippen MR) is 70.8 cm³/mol. The molecular formula is C13H24N2O4. The summed E-state index contributed by atoms with van der Waals surface area (Å²) in [5.74, 6) is -0.210. The first kappa shape index (κ1) is 15.8. The zero-order valence-corrected chi connectivity index (χ0v) is 12.1. The van der Waals surface area contributed by atoms with E-state index in [9.17, 15) is 9.59 Å². The maximum atomic E-state index is 11.5. The van der Waals surface area contributed by atoms with Crippen molar-refractivity contribution < 1.29 is 19.1 Å². The second-order valence-electron chi connectivity index (χ2n) is 5.80. The third-order valence-corrected chi connectivity index (χ3v) is 2.87. The fourth-order valence-corrected chi connectivity index (χ4v) is 2.03. The second-order valence-corrected chi connectivity index (χ2v) is 5.80. The standard InChI is InChI=1S/C13H24N2O4/c1-13(2,3)19-12(17)14-8-10-6-5-9(15-10)7-11(16)18-4/h9-10,15H,5-8H2,1-4H3,(H,14,17). The fourth-order valence-electron chi connectivity index (χ4n) is 2.03. The normalized spacial score (nSPS) is 22.9. The molecule has 1 amide bonds. The minimum Gasteiger partial charge on any atom is -0.469 e. The summed E-state index contributed by atoms with van der Waals surface area (Å²) in [4.78, 5) is 22.6. The Morgan fingerprint density at radius 1 is 1.26 bits per heavy atom. The average Bonchev–Trinajstić information content (AvgIpc) is 2.71. The zero-order valence-electron chi connectivity index (χ0n) is 12.1. The summed E-state index contributed by atoms with van der Waals surface area (Å²) in [7, 11) is 1.39. The van der Waals surface area contributed by atoms with Crippen LogP contribution in [0.4, 0.5) is 4.79 Å². The molecule has 1 rings (SSSR count). The largest absolute Gasteiger partial charge is 0.469 e. The van der Waals surface area contributed by atoms with Gasteiger partial charge in [0.15, 0.2) is 0 Å². The lowest BCUT2D eigenvalue weighted by Gasteiger charge is -2.21. The van der Waals surface area contributed by atoms with E-state index in [1.165, 1.54) is 7.11 Å². The molecule has 6 heteroatoms. The molecule has 2 atom stereocenters. The molecule has 0 aromatic heterocycles. The number of hydrogen-bond donors (Lipinski definition) is 2. The van der Waals surface area contributed by atoms with Gasteiger partial charge in [0.05, 0.1) is 13.5 Å². The van der Waals surface area contributed by atoms with Gasteiger partial charge in [0.25, 0.3) is 0 Å². The number of nitrogens with one attached hydrogen (secondary N) is 2. The summed E-state index contributed by atoms with van der Waals surface area (Å²) in [5.41, 5.74) is -0.486. The van der Waals surface area contributed by atoms with Crippen molar-refractivity contribution in [2.45, 2.75) is 57.7 Å². The summed E-state index contributed by atoms with van der Waals surface area (Å²) in [6.45, 7) is 5.99. The van der Waals surface area contributed by atoms with Crippen molar-refractivity contribution in [2.24, 2.45) is 0 Å². The summed E-state index contributed by atoms with van der Waals surface area (Å²) < 4.78 is 9.79. The Morgan fingerprint density at radius 2 is 1.89 bits per heavy atom. The summed E-state index contributed by atoms with van der Waals surface area (Å²) in [6, 6.07) is 0.320. The average molecular weight is 272 g/mol. The molecule has 0 spiro atoms. The van der Waals surface area contributed by atoms with Crippen LogP contribution in [0, 0.1) is 0 Å². The molecule has 0 aromatic rings. The number of methoxy groups -OCH3 is 1. The van der Waals surface area contributed by atoms with Crippen molar-refractivity contribution in [3.8, 4) is 0 Å². The van der Waals surface area contributed by atoms with Gasteiger partial charge in [-0.1, -0.05) is 0 Å². The molecule has 0 bridgehead atoms. The highest BCUT2D eigenvalue weighted by Gasteiger charge is 2.26. The van der Waals surface area contributed by atoms with Crippen LogP contribution in [0.15, 0.2) is 0 Å². The SMILES string of the molecule is COC(=O)CC1CCC(CNC(=O)OC(C)(C)C)N1. The molecule has 6 nitrogen and oxygen atoms in total. The molecule has 0 saturated carbocycles. The highest BCUT2D eigenvalue weighted by atomic mass is 16.6. The highest BCUT2D eigenvalue weighted by molar-refractivity contribution is 5.70. The summed E-state index contributed by atoms with van der Waals surface area (Å²) in [6.07, 6.45) is 1.80. The molecule has 0 aromatic carbocycles. The van der Waals surface area contributed by atoms with Crippen LogP contribution in [0.2, 0.25) is 0 Å². The zero-order chi connectivity index (χ0) is 14.5. The van der Waals surface area contributed by atoms with Gasteiger partial charge in [0, 0.05) is 18.6 Å². The number of hydrogen-bond acceptors (Lipinski definition) is 5. The first-order valence-corrected chi connectivity index (χ1v) is 6.60. The van der Waals surface area contributed by atoms with Gasteiger partial charge in [-0.2, -0.15) is 0 Å². The van der Waals surface area contributed by atoms with Crippen molar-refractivity contribution in [3.05, 3.63) is 0 Å². The highest BCUT2D eigenvalue weighted by Crippen LogP contribution is 2.15. The van der Waals surface area contributed by atoms with Gasteiger partial charge in [-0.3, -0.25) is 4.79 Å². The molecule has 2 N–H and O–H groups in total. The number of carbonyl (C=O) groups is 2. The Bertz CT molecular complexity index is 325. The molecule has 0 radical (unpaired) electrons. The minimum absolute atomic E-state index is 0.137. The maximum absolute atomic E-state index is 11.5. The molecule has 0 aliphatic carbocycles. The molecule has 2 unspecified atom stereocenters. The van der Waals surface area contributed by atoms with Crippen LogP contribution in [0.25, 0.3) is 0 Å². The van der Waals surface area contributed by atoms with Crippen LogP contribution in [-0.2, 0) is 14.3 Å².